The molecule has 2 unspecified atom stereocenters. The molecule has 1 aromatic heterocycles. The molecular weight excluding hydrogens is 286 g/mol. The summed E-state index contributed by atoms with van der Waals surface area (Å²) in [6, 6.07) is 2.10. The molecule has 0 bridgehead atoms. The predicted molar refractivity (Wildman–Crippen MR) is 87.8 cm³/mol. The molecule has 0 amide bonds. The molecule has 1 aliphatic rings. The fourth-order valence-corrected chi connectivity index (χ4v) is 3.74. The van der Waals surface area contributed by atoms with Gasteiger partial charge in [-0.2, -0.15) is 11.8 Å². The van der Waals surface area contributed by atoms with E-state index in [0.717, 1.165) is 23.8 Å². The van der Waals surface area contributed by atoms with E-state index in [2.05, 4.69) is 17.2 Å². The van der Waals surface area contributed by atoms with Crippen molar-refractivity contribution in [1.82, 2.24) is 4.98 Å². The number of esters is 1. The Bertz CT molecular complexity index is 496. The molecule has 1 heterocycles. The summed E-state index contributed by atoms with van der Waals surface area (Å²) in [5, 5.41) is 4.13. The second kappa shape index (κ2) is 7.54. The van der Waals surface area contributed by atoms with Crippen LogP contribution in [0.5, 0.6) is 0 Å². The summed E-state index contributed by atoms with van der Waals surface area (Å²) in [5.74, 6) is 1.45. The SMILES string of the molecule is CCOC(=O)c1cc(NC2CCC(SCC)C2)ncc1N. The number of pyridine rings is 1. The minimum absolute atomic E-state index is 0.335. The van der Waals surface area contributed by atoms with Gasteiger partial charge in [-0.05, 0) is 38.0 Å². The summed E-state index contributed by atoms with van der Waals surface area (Å²) in [7, 11) is 0. The van der Waals surface area contributed by atoms with Crippen LogP contribution in [-0.2, 0) is 4.74 Å². The maximum atomic E-state index is 11.8. The molecule has 0 spiro atoms. The molecule has 1 fully saturated rings. The molecule has 21 heavy (non-hydrogen) atoms. The number of aromatic nitrogens is 1. The van der Waals surface area contributed by atoms with Gasteiger partial charge in [0, 0.05) is 11.3 Å². The highest BCUT2D eigenvalue weighted by Gasteiger charge is 2.25. The fourth-order valence-electron chi connectivity index (χ4n) is 2.60. The maximum absolute atomic E-state index is 11.8. The summed E-state index contributed by atoms with van der Waals surface area (Å²) >= 11 is 2.02. The van der Waals surface area contributed by atoms with E-state index in [4.69, 9.17) is 10.5 Å². The van der Waals surface area contributed by atoms with E-state index in [0.29, 0.717) is 29.7 Å². The molecule has 0 aromatic carbocycles. The topological polar surface area (TPSA) is 77.2 Å². The van der Waals surface area contributed by atoms with Gasteiger partial charge < -0.3 is 15.8 Å². The first-order valence-electron chi connectivity index (χ1n) is 7.44. The van der Waals surface area contributed by atoms with Crippen molar-refractivity contribution in [1.29, 1.82) is 0 Å². The van der Waals surface area contributed by atoms with E-state index in [-0.39, 0.29) is 0 Å². The largest absolute Gasteiger partial charge is 0.462 e. The number of nitrogen functional groups attached to an aromatic ring is 1. The van der Waals surface area contributed by atoms with Gasteiger partial charge in [0.05, 0.1) is 24.1 Å². The Morgan fingerprint density at radius 1 is 1.52 bits per heavy atom. The van der Waals surface area contributed by atoms with E-state index in [1.807, 2.05) is 11.8 Å². The highest BCUT2D eigenvalue weighted by molar-refractivity contribution is 7.99. The Hall–Kier alpha value is -1.43. The summed E-state index contributed by atoms with van der Waals surface area (Å²) in [6.45, 7) is 4.30. The number of hydrogen-bond donors (Lipinski definition) is 2. The fraction of sp³-hybridized carbons (Fsp3) is 0.600. The number of carbonyl (C=O) groups excluding carboxylic acids is 1. The molecule has 5 nitrogen and oxygen atoms in total. The summed E-state index contributed by atoms with van der Waals surface area (Å²) in [5.41, 5.74) is 6.53. The van der Waals surface area contributed by atoms with Gasteiger partial charge in [0.1, 0.15) is 5.82 Å². The van der Waals surface area contributed by atoms with Crippen LogP contribution in [0.2, 0.25) is 0 Å². The Labute approximate surface area is 130 Å². The minimum Gasteiger partial charge on any atom is -0.462 e. The van der Waals surface area contributed by atoms with Gasteiger partial charge in [0.2, 0.25) is 0 Å². The Morgan fingerprint density at radius 2 is 2.33 bits per heavy atom. The standard InChI is InChI=1S/C15H23N3O2S/c1-3-20-15(19)12-8-14(17-9-13(12)16)18-10-5-6-11(7-10)21-4-2/h8-11H,3-7,16H2,1-2H3,(H,17,18). The molecule has 2 atom stereocenters. The molecule has 1 aromatic rings. The molecule has 3 N–H and O–H groups in total. The number of hydrogen-bond acceptors (Lipinski definition) is 6. The second-order valence-electron chi connectivity index (χ2n) is 5.11. The first-order valence-corrected chi connectivity index (χ1v) is 8.49. The lowest BCUT2D eigenvalue weighted by Crippen LogP contribution is -2.18. The highest BCUT2D eigenvalue weighted by atomic mass is 32.2. The lowest BCUT2D eigenvalue weighted by Gasteiger charge is -2.15. The number of carbonyl (C=O) groups is 1. The van der Waals surface area contributed by atoms with Crippen LogP contribution in [0, 0.1) is 0 Å². The third-order valence-electron chi connectivity index (χ3n) is 3.57. The Kier molecular flexibility index (Phi) is 5.73. The Morgan fingerprint density at radius 3 is 3.05 bits per heavy atom. The molecule has 0 saturated heterocycles. The quantitative estimate of drug-likeness (QED) is 0.787. The van der Waals surface area contributed by atoms with Gasteiger partial charge in [0.15, 0.2) is 0 Å². The summed E-state index contributed by atoms with van der Waals surface area (Å²) < 4.78 is 5.00. The van der Waals surface area contributed by atoms with Crippen LogP contribution in [0.25, 0.3) is 0 Å². The Balaban J connectivity index is 2.01. The maximum Gasteiger partial charge on any atom is 0.340 e. The zero-order valence-electron chi connectivity index (χ0n) is 12.6. The smallest absolute Gasteiger partial charge is 0.340 e. The number of rotatable bonds is 6. The van der Waals surface area contributed by atoms with E-state index < -0.39 is 5.97 Å². The first kappa shape index (κ1) is 15.9. The van der Waals surface area contributed by atoms with Crippen molar-refractivity contribution < 1.29 is 9.53 Å². The number of nitrogens with one attached hydrogen (secondary N) is 1. The van der Waals surface area contributed by atoms with Gasteiger partial charge >= 0.3 is 5.97 Å². The monoisotopic (exact) mass is 309 g/mol. The van der Waals surface area contributed by atoms with Crippen LogP contribution in [-0.4, -0.2) is 34.6 Å². The average Bonchev–Trinajstić information content (AvgIpc) is 2.89. The van der Waals surface area contributed by atoms with Gasteiger partial charge in [-0.15, -0.1) is 0 Å². The number of anilines is 2. The van der Waals surface area contributed by atoms with Crippen molar-refractivity contribution >= 4 is 29.2 Å². The van der Waals surface area contributed by atoms with Crippen LogP contribution in [0.15, 0.2) is 12.3 Å². The molecule has 116 valence electrons. The van der Waals surface area contributed by atoms with E-state index in [1.54, 1.807) is 13.0 Å². The van der Waals surface area contributed by atoms with Crippen molar-refractivity contribution in [2.45, 2.75) is 44.4 Å². The van der Waals surface area contributed by atoms with Crippen LogP contribution in [0.4, 0.5) is 11.5 Å². The van der Waals surface area contributed by atoms with E-state index >= 15 is 0 Å². The van der Waals surface area contributed by atoms with Gasteiger partial charge in [-0.1, -0.05) is 6.92 Å². The molecular formula is C15H23N3O2S. The average molecular weight is 309 g/mol. The number of nitrogens with zero attached hydrogens (tertiary/aromatic N) is 1. The van der Waals surface area contributed by atoms with Crippen molar-refractivity contribution in [2.24, 2.45) is 0 Å². The van der Waals surface area contributed by atoms with E-state index in [9.17, 15) is 4.79 Å². The lowest BCUT2D eigenvalue weighted by atomic mass is 10.2. The number of nitrogens with two attached hydrogens (primary N) is 1. The zero-order chi connectivity index (χ0) is 15.2. The summed E-state index contributed by atoms with van der Waals surface area (Å²) in [6.07, 6.45) is 5.02. The van der Waals surface area contributed by atoms with Crippen molar-refractivity contribution in [3.05, 3.63) is 17.8 Å². The molecule has 0 radical (unpaired) electrons. The van der Waals surface area contributed by atoms with Crippen LogP contribution in [0.3, 0.4) is 0 Å². The third kappa shape index (κ3) is 4.27. The van der Waals surface area contributed by atoms with Gasteiger partial charge in [-0.25, -0.2) is 9.78 Å². The van der Waals surface area contributed by atoms with Crippen molar-refractivity contribution in [3.63, 3.8) is 0 Å². The third-order valence-corrected chi connectivity index (χ3v) is 4.80. The second-order valence-corrected chi connectivity index (χ2v) is 6.69. The lowest BCUT2D eigenvalue weighted by molar-refractivity contribution is 0.0527. The number of ether oxygens (including phenoxy) is 1. The van der Waals surface area contributed by atoms with Crippen molar-refractivity contribution in [3.8, 4) is 0 Å². The minimum atomic E-state index is -0.397. The highest BCUT2D eigenvalue weighted by Crippen LogP contribution is 2.31. The van der Waals surface area contributed by atoms with Crippen LogP contribution in [0.1, 0.15) is 43.5 Å². The zero-order valence-corrected chi connectivity index (χ0v) is 13.4. The molecule has 6 heteroatoms. The van der Waals surface area contributed by atoms with Gasteiger partial charge in [-0.3, -0.25) is 0 Å². The molecule has 1 saturated carbocycles. The van der Waals surface area contributed by atoms with Crippen LogP contribution < -0.4 is 11.1 Å². The predicted octanol–water partition coefficient (Wildman–Crippen LogP) is 2.93. The normalized spacial score (nSPS) is 21.2. The molecule has 2 rings (SSSR count). The van der Waals surface area contributed by atoms with Crippen LogP contribution >= 0.6 is 11.8 Å². The first-order chi connectivity index (χ1) is 10.1. The summed E-state index contributed by atoms with van der Waals surface area (Å²) in [4.78, 5) is 16.1. The van der Waals surface area contributed by atoms with E-state index in [1.165, 1.54) is 12.6 Å². The van der Waals surface area contributed by atoms with Gasteiger partial charge in [0.25, 0.3) is 0 Å². The van der Waals surface area contributed by atoms with Crippen molar-refractivity contribution in [2.75, 3.05) is 23.4 Å². The molecule has 1 aliphatic carbocycles. The molecule has 0 aliphatic heterocycles. The number of thioether (sulfide) groups is 1.